The van der Waals surface area contributed by atoms with Gasteiger partial charge in [-0.25, -0.2) is 0 Å². The molecule has 0 saturated heterocycles. The molecule has 1 unspecified atom stereocenters. The van der Waals surface area contributed by atoms with Crippen molar-refractivity contribution in [2.24, 2.45) is 5.41 Å². The summed E-state index contributed by atoms with van der Waals surface area (Å²) in [6, 6.07) is 11.1. The van der Waals surface area contributed by atoms with E-state index in [1.165, 1.54) is 7.11 Å². The Kier molecular flexibility index (Phi) is 4.33. The van der Waals surface area contributed by atoms with Crippen LogP contribution in [0.4, 0.5) is 5.69 Å². The number of carbonyl (C=O) groups excluding carboxylic acids is 1. The van der Waals surface area contributed by atoms with Crippen molar-refractivity contribution in [2.75, 3.05) is 19.1 Å². The Bertz CT molecular complexity index is 449. The molecule has 0 saturated carbocycles. The SMILES string of the molecule is COC(=O)C(C)(C)C(C#N)N(C)c1ccccc1. The molecule has 1 aromatic carbocycles. The zero-order valence-corrected chi connectivity index (χ0v) is 11.2. The third-order valence-corrected chi connectivity index (χ3v) is 3.07. The highest BCUT2D eigenvalue weighted by Gasteiger charge is 2.40. The number of rotatable bonds is 4. The zero-order chi connectivity index (χ0) is 13.8. The molecule has 0 N–H and O–H groups in total. The lowest BCUT2D eigenvalue weighted by atomic mass is 9.84. The predicted octanol–water partition coefficient (Wildman–Crippen LogP) is 2.21. The van der Waals surface area contributed by atoms with E-state index in [9.17, 15) is 10.1 Å². The van der Waals surface area contributed by atoms with Gasteiger partial charge in [0.05, 0.1) is 18.6 Å². The first-order chi connectivity index (χ1) is 8.45. The fourth-order valence-electron chi connectivity index (χ4n) is 1.92. The van der Waals surface area contributed by atoms with Crippen LogP contribution < -0.4 is 4.90 Å². The number of hydrogen-bond donors (Lipinski definition) is 0. The molecule has 0 spiro atoms. The fourth-order valence-corrected chi connectivity index (χ4v) is 1.92. The Labute approximate surface area is 108 Å². The Balaban J connectivity index is 3.05. The second-order valence-corrected chi connectivity index (χ2v) is 4.69. The molecule has 0 heterocycles. The highest BCUT2D eigenvalue weighted by atomic mass is 16.5. The number of nitrogens with zero attached hydrogens (tertiary/aromatic N) is 2. The van der Waals surface area contributed by atoms with Crippen molar-refractivity contribution in [1.29, 1.82) is 5.26 Å². The molecule has 0 aliphatic carbocycles. The average molecular weight is 246 g/mol. The Morgan fingerprint density at radius 3 is 2.39 bits per heavy atom. The summed E-state index contributed by atoms with van der Waals surface area (Å²) in [5.74, 6) is -0.392. The first-order valence-corrected chi connectivity index (χ1v) is 5.71. The Hall–Kier alpha value is -2.02. The monoisotopic (exact) mass is 246 g/mol. The van der Waals surface area contributed by atoms with Crippen molar-refractivity contribution < 1.29 is 9.53 Å². The van der Waals surface area contributed by atoms with Crippen LogP contribution in [0.1, 0.15) is 13.8 Å². The van der Waals surface area contributed by atoms with E-state index in [1.807, 2.05) is 30.3 Å². The number of esters is 1. The molecule has 0 amide bonds. The number of hydrogen-bond acceptors (Lipinski definition) is 4. The molecule has 0 aliphatic heterocycles. The van der Waals surface area contributed by atoms with Crippen LogP contribution in [0.15, 0.2) is 30.3 Å². The van der Waals surface area contributed by atoms with E-state index in [1.54, 1.807) is 25.8 Å². The van der Waals surface area contributed by atoms with Crippen LogP contribution in [-0.2, 0) is 9.53 Å². The van der Waals surface area contributed by atoms with Crippen molar-refractivity contribution in [3.8, 4) is 6.07 Å². The second kappa shape index (κ2) is 5.54. The Morgan fingerprint density at radius 2 is 1.94 bits per heavy atom. The van der Waals surface area contributed by atoms with E-state index in [0.29, 0.717) is 0 Å². The number of ether oxygens (including phenoxy) is 1. The molecule has 0 aliphatic rings. The molecule has 96 valence electrons. The standard InChI is InChI=1S/C14H18N2O2/c1-14(2,13(17)18-4)12(10-15)16(3)11-8-6-5-7-9-11/h5-9,12H,1-4H3. The van der Waals surface area contributed by atoms with E-state index in [4.69, 9.17) is 4.74 Å². The average Bonchev–Trinajstić information content (AvgIpc) is 2.39. The maximum absolute atomic E-state index is 11.8. The molecule has 18 heavy (non-hydrogen) atoms. The summed E-state index contributed by atoms with van der Waals surface area (Å²) in [4.78, 5) is 13.6. The van der Waals surface area contributed by atoms with Gasteiger partial charge in [0, 0.05) is 12.7 Å². The highest BCUT2D eigenvalue weighted by Crippen LogP contribution is 2.29. The summed E-state index contributed by atoms with van der Waals surface area (Å²) >= 11 is 0. The van der Waals surface area contributed by atoms with Crippen molar-refractivity contribution in [3.05, 3.63) is 30.3 Å². The minimum absolute atomic E-state index is 0.392. The lowest BCUT2D eigenvalue weighted by molar-refractivity contribution is -0.151. The van der Waals surface area contributed by atoms with Crippen LogP contribution >= 0.6 is 0 Å². The van der Waals surface area contributed by atoms with E-state index >= 15 is 0 Å². The van der Waals surface area contributed by atoms with Gasteiger partial charge >= 0.3 is 5.97 Å². The minimum atomic E-state index is -0.895. The summed E-state index contributed by atoms with van der Waals surface area (Å²) in [6.45, 7) is 3.43. The largest absolute Gasteiger partial charge is 0.469 e. The number of benzene rings is 1. The van der Waals surface area contributed by atoms with E-state index in [2.05, 4.69) is 6.07 Å². The zero-order valence-electron chi connectivity index (χ0n) is 11.2. The van der Waals surface area contributed by atoms with Gasteiger partial charge in [0.1, 0.15) is 6.04 Å². The van der Waals surface area contributed by atoms with Gasteiger partial charge in [-0.15, -0.1) is 0 Å². The number of methoxy groups -OCH3 is 1. The smallest absolute Gasteiger partial charge is 0.314 e. The van der Waals surface area contributed by atoms with Crippen LogP contribution in [-0.4, -0.2) is 26.2 Å². The van der Waals surface area contributed by atoms with Gasteiger partial charge in [-0.3, -0.25) is 4.79 Å². The first kappa shape index (κ1) is 14.0. The van der Waals surface area contributed by atoms with Gasteiger partial charge in [0.25, 0.3) is 0 Å². The van der Waals surface area contributed by atoms with Gasteiger partial charge in [0.15, 0.2) is 0 Å². The second-order valence-electron chi connectivity index (χ2n) is 4.69. The van der Waals surface area contributed by atoms with Gasteiger partial charge in [0.2, 0.25) is 0 Å². The van der Waals surface area contributed by atoms with E-state index < -0.39 is 17.4 Å². The maximum Gasteiger partial charge on any atom is 0.314 e. The topological polar surface area (TPSA) is 53.3 Å². The third-order valence-electron chi connectivity index (χ3n) is 3.07. The van der Waals surface area contributed by atoms with Crippen LogP contribution in [0, 0.1) is 16.7 Å². The van der Waals surface area contributed by atoms with Crippen molar-refractivity contribution in [1.82, 2.24) is 0 Å². The highest BCUT2D eigenvalue weighted by molar-refractivity contribution is 5.78. The molecule has 4 heteroatoms. The molecule has 0 bridgehead atoms. The quantitative estimate of drug-likeness (QED) is 0.764. The van der Waals surface area contributed by atoms with E-state index in [-0.39, 0.29) is 0 Å². The summed E-state index contributed by atoms with van der Waals surface area (Å²) in [7, 11) is 3.13. The molecular formula is C14H18N2O2. The van der Waals surface area contributed by atoms with Gasteiger partial charge in [-0.2, -0.15) is 5.26 Å². The minimum Gasteiger partial charge on any atom is -0.469 e. The molecule has 4 nitrogen and oxygen atoms in total. The normalized spacial score (nSPS) is 12.4. The summed E-state index contributed by atoms with van der Waals surface area (Å²) in [5, 5.41) is 9.34. The molecule has 0 radical (unpaired) electrons. The third kappa shape index (κ3) is 2.62. The predicted molar refractivity (Wildman–Crippen MR) is 70.0 cm³/mol. The van der Waals surface area contributed by atoms with Gasteiger partial charge in [-0.1, -0.05) is 18.2 Å². The van der Waals surface area contributed by atoms with Gasteiger partial charge < -0.3 is 9.64 Å². The van der Waals surface area contributed by atoms with Crippen LogP contribution in [0.25, 0.3) is 0 Å². The van der Waals surface area contributed by atoms with Crippen molar-refractivity contribution in [2.45, 2.75) is 19.9 Å². The molecule has 1 rings (SSSR count). The molecule has 1 atom stereocenters. The van der Waals surface area contributed by atoms with Gasteiger partial charge in [-0.05, 0) is 26.0 Å². The van der Waals surface area contributed by atoms with E-state index in [0.717, 1.165) is 5.69 Å². The van der Waals surface area contributed by atoms with Crippen molar-refractivity contribution >= 4 is 11.7 Å². The Morgan fingerprint density at radius 1 is 1.39 bits per heavy atom. The molecule has 0 aromatic heterocycles. The maximum atomic E-state index is 11.8. The summed E-state index contributed by atoms with van der Waals surface area (Å²) < 4.78 is 4.77. The summed E-state index contributed by atoms with van der Waals surface area (Å²) in [5.41, 5.74) is -0.00491. The first-order valence-electron chi connectivity index (χ1n) is 5.71. The van der Waals surface area contributed by atoms with Crippen LogP contribution in [0.5, 0.6) is 0 Å². The lowest BCUT2D eigenvalue weighted by Crippen LogP contribution is -2.47. The number of nitriles is 1. The number of carbonyl (C=O) groups is 1. The molecular weight excluding hydrogens is 228 g/mol. The number of para-hydroxylation sites is 1. The fraction of sp³-hybridized carbons (Fsp3) is 0.429. The molecule has 1 aromatic rings. The van der Waals surface area contributed by atoms with Crippen LogP contribution in [0.2, 0.25) is 0 Å². The lowest BCUT2D eigenvalue weighted by Gasteiger charge is -2.34. The van der Waals surface area contributed by atoms with Crippen LogP contribution in [0.3, 0.4) is 0 Å². The number of anilines is 1. The van der Waals surface area contributed by atoms with Crippen molar-refractivity contribution in [3.63, 3.8) is 0 Å². The molecule has 0 fully saturated rings. The summed E-state index contributed by atoms with van der Waals surface area (Å²) in [6.07, 6.45) is 0.